The normalized spacial score (nSPS) is 34.1. The highest BCUT2D eigenvalue weighted by Gasteiger charge is 2.28. The molecule has 5 heteroatoms. The van der Waals surface area contributed by atoms with E-state index in [2.05, 4.69) is 22.4 Å². The second-order valence-electron chi connectivity index (χ2n) is 5.13. The third-order valence-electron chi connectivity index (χ3n) is 3.64. The lowest BCUT2D eigenvalue weighted by atomic mass is 9.94. The molecule has 2 aliphatic rings. The molecule has 3 rings (SSSR count). The second kappa shape index (κ2) is 4.74. The molecule has 0 amide bonds. The summed E-state index contributed by atoms with van der Waals surface area (Å²) in [6.07, 6.45) is 4.45. The van der Waals surface area contributed by atoms with Gasteiger partial charge in [-0.05, 0) is 38.1 Å². The van der Waals surface area contributed by atoms with Gasteiger partial charge in [-0.3, -0.25) is 0 Å². The third kappa shape index (κ3) is 2.35. The zero-order chi connectivity index (χ0) is 11.7. The molecule has 3 unspecified atom stereocenters. The van der Waals surface area contributed by atoms with Gasteiger partial charge in [0, 0.05) is 6.61 Å². The Bertz CT molecular complexity index is 374. The molecule has 0 aliphatic carbocycles. The van der Waals surface area contributed by atoms with Gasteiger partial charge in [0.1, 0.15) is 6.10 Å². The number of hydrogen-bond acceptors (Lipinski definition) is 5. The standard InChI is InChI=1S/C12H19N3O2/c1-8-4-5-13-9(7-8)12-14-11(15-17-12)10-3-2-6-16-10/h8-10,13H,2-7H2,1H3. The summed E-state index contributed by atoms with van der Waals surface area (Å²) in [5, 5.41) is 7.48. The topological polar surface area (TPSA) is 60.2 Å². The summed E-state index contributed by atoms with van der Waals surface area (Å²) in [4.78, 5) is 4.49. The summed E-state index contributed by atoms with van der Waals surface area (Å²) < 4.78 is 10.9. The lowest BCUT2D eigenvalue weighted by Gasteiger charge is -2.25. The van der Waals surface area contributed by atoms with E-state index >= 15 is 0 Å². The van der Waals surface area contributed by atoms with E-state index in [1.54, 1.807) is 0 Å². The van der Waals surface area contributed by atoms with Crippen LogP contribution in [0.15, 0.2) is 4.52 Å². The van der Waals surface area contributed by atoms with E-state index in [0.717, 1.165) is 50.0 Å². The first-order valence-corrected chi connectivity index (χ1v) is 6.51. The highest BCUT2D eigenvalue weighted by Crippen LogP contribution is 2.29. The molecule has 0 bridgehead atoms. The molecular formula is C12H19N3O2. The number of ether oxygens (including phenoxy) is 1. The lowest BCUT2D eigenvalue weighted by Crippen LogP contribution is -2.31. The average molecular weight is 237 g/mol. The third-order valence-corrected chi connectivity index (χ3v) is 3.64. The minimum atomic E-state index is 0.0496. The zero-order valence-electron chi connectivity index (χ0n) is 10.2. The molecule has 94 valence electrons. The first-order valence-electron chi connectivity index (χ1n) is 6.51. The summed E-state index contributed by atoms with van der Waals surface area (Å²) in [6, 6.07) is 0.224. The Morgan fingerprint density at radius 1 is 1.35 bits per heavy atom. The van der Waals surface area contributed by atoms with Crippen LogP contribution in [0.25, 0.3) is 0 Å². The number of aromatic nitrogens is 2. The van der Waals surface area contributed by atoms with Crippen LogP contribution >= 0.6 is 0 Å². The summed E-state index contributed by atoms with van der Waals surface area (Å²) in [5.74, 6) is 2.17. The molecule has 2 fully saturated rings. The van der Waals surface area contributed by atoms with Crippen LogP contribution in [0.3, 0.4) is 0 Å². The van der Waals surface area contributed by atoms with E-state index in [1.165, 1.54) is 6.42 Å². The van der Waals surface area contributed by atoms with Crippen molar-refractivity contribution < 1.29 is 9.26 Å². The molecular weight excluding hydrogens is 218 g/mol. The van der Waals surface area contributed by atoms with Crippen LogP contribution in [0.5, 0.6) is 0 Å². The van der Waals surface area contributed by atoms with Crippen LogP contribution in [-0.4, -0.2) is 23.3 Å². The Kier molecular flexibility index (Phi) is 3.11. The fourth-order valence-corrected chi connectivity index (χ4v) is 2.60. The van der Waals surface area contributed by atoms with Crippen molar-refractivity contribution in [3.05, 3.63) is 11.7 Å². The molecule has 1 aromatic heterocycles. The quantitative estimate of drug-likeness (QED) is 0.852. The van der Waals surface area contributed by atoms with Gasteiger partial charge in [0.05, 0.1) is 6.04 Å². The van der Waals surface area contributed by atoms with Crippen LogP contribution < -0.4 is 5.32 Å². The first-order chi connectivity index (χ1) is 8.33. The predicted octanol–water partition coefficient (Wildman–Crippen LogP) is 1.98. The number of piperidine rings is 1. The van der Waals surface area contributed by atoms with Crippen molar-refractivity contribution in [3.63, 3.8) is 0 Å². The van der Waals surface area contributed by atoms with Crippen LogP contribution in [0.2, 0.25) is 0 Å². The van der Waals surface area contributed by atoms with Gasteiger partial charge in [-0.25, -0.2) is 0 Å². The largest absolute Gasteiger partial charge is 0.370 e. The fraction of sp³-hybridized carbons (Fsp3) is 0.833. The minimum Gasteiger partial charge on any atom is -0.370 e. The Balaban J connectivity index is 1.70. The van der Waals surface area contributed by atoms with Gasteiger partial charge in [0.15, 0.2) is 0 Å². The zero-order valence-corrected chi connectivity index (χ0v) is 10.2. The van der Waals surface area contributed by atoms with Crippen LogP contribution in [0, 0.1) is 5.92 Å². The molecule has 1 N–H and O–H groups in total. The van der Waals surface area contributed by atoms with Crippen molar-refractivity contribution in [1.29, 1.82) is 0 Å². The molecule has 2 aliphatic heterocycles. The Morgan fingerprint density at radius 2 is 2.29 bits per heavy atom. The highest BCUT2D eigenvalue weighted by molar-refractivity contribution is 4.98. The molecule has 5 nitrogen and oxygen atoms in total. The molecule has 17 heavy (non-hydrogen) atoms. The van der Waals surface area contributed by atoms with Crippen molar-refractivity contribution in [2.45, 2.75) is 44.8 Å². The van der Waals surface area contributed by atoms with E-state index in [9.17, 15) is 0 Å². The van der Waals surface area contributed by atoms with Gasteiger partial charge < -0.3 is 14.6 Å². The van der Waals surface area contributed by atoms with Crippen molar-refractivity contribution in [3.8, 4) is 0 Å². The van der Waals surface area contributed by atoms with Crippen molar-refractivity contribution >= 4 is 0 Å². The SMILES string of the molecule is CC1CCNC(c2nc(C3CCCO3)no2)C1. The number of nitrogens with one attached hydrogen (secondary N) is 1. The molecule has 3 heterocycles. The fourth-order valence-electron chi connectivity index (χ4n) is 2.60. The van der Waals surface area contributed by atoms with Gasteiger partial charge >= 0.3 is 0 Å². The molecule has 0 radical (unpaired) electrons. The summed E-state index contributed by atoms with van der Waals surface area (Å²) in [6.45, 7) is 4.11. The van der Waals surface area contributed by atoms with Crippen molar-refractivity contribution in [2.24, 2.45) is 5.92 Å². The van der Waals surface area contributed by atoms with Gasteiger partial charge in [0.2, 0.25) is 11.7 Å². The molecule has 0 spiro atoms. The predicted molar refractivity (Wildman–Crippen MR) is 61.4 cm³/mol. The highest BCUT2D eigenvalue weighted by atomic mass is 16.5. The number of rotatable bonds is 2. The van der Waals surface area contributed by atoms with Crippen LogP contribution in [0.4, 0.5) is 0 Å². The second-order valence-corrected chi connectivity index (χ2v) is 5.13. The first kappa shape index (κ1) is 11.2. The monoisotopic (exact) mass is 237 g/mol. The van der Waals surface area contributed by atoms with Gasteiger partial charge in [0.25, 0.3) is 0 Å². The maximum Gasteiger partial charge on any atom is 0.243 e. The molecule has 1 aromatic rings. The maximum atomic E-state index is 5.56. The molecule has 0 aromatic carbocycles. The summed E-state index contributed by atoms with van der Waals surface area (Å²) in [7, 11) is 0. The maximum absolute atomic E-state index is 5.56. The summed E-state index contributed by atoms with van der Waals surface area (Å²) in [5.41, 5.74) is 0. The number of nitrogens with zero attached hydrogens (tertiary/aromatic N) is 2. The molecule has 2 saturated heterocycles. The van der Waals surface area contributed by atoms with Gasteiger partial charge in [-0.15, -0.1) is 0 Å². The van der Waals surface area contributed by atoms with Gasteiger partial charge in [-0.2, -0.15) is 4.98 Å². The molecule has 0 saturated carbocycles. The Hall–Kier alpha value is -0.940. The average Bonchev–Trinajstić information content (AvgIpc) is 3.00. The smallest absolute Gasteiger partial charge is 0.243 e. The lowest BCUT2D eigenvalue weighted by molar-refractivity contribution is 0.103. The molecule has 3 atom stereocenters. The summed E-state index contributed by atoms with van der Waals surface area (Å²) >= 11 is 0. The van der Waals surface area contributed by atoms with Gasteiger partial charge in [-0.1, -0.05) is 12.1 Å². The van der Waals surface area contributed by atoms with E-state index in [0.29, 0.717) is 0 Å². The van der Waals surface area contributed by atoms with E-state index in [4.69, 9.17) is 9.26 Å². The number of hydrogen-bond donors (Lipinski definition) is 1. The van der Waals surface area contributed by atoms with Crippen LogP contribution in [0.1, 0.15) is 56.5 Å². The van der Waals surface area contributed by atoms with E-state index in [1.807, 2.05) is 0 Å². The van der Waals surface area contributed by atoms with Crippen LogP contribution in [-0.2, 0) is 4.74 Å². The van der Waals surface area contributed by atoms with Crippen molar-refractivity contribution in [2.75, 3.05) is 13.2 Å². The Morgan fingerprint density at radius 3 is 3.06 bits per heavy atom. The van der Waals surface area contributed by atoms with Crippen molar-refractivity contribution in [1.82, 2.24) is 15.5 Å². The van der Waals surface area contributed by atoms with E-state index in [-0.39, 0.29) is 12.1 Å². The van der Waals surface area contributed by atoms with E-state index < -0.39 is 0 Å². The Labute approximate surface area is 101 Å². The minimum absolute atomic E-state index is 0.0496.